The van der Waals surface area contributed by atoms with Gasteiger partial charge in [-0.1, -0.05) is 6.07 Å². The van der Waals surface area contributed by atoms with Gasteiger partial charge in [0.05, 0.1) is 10.7 Å². The Bertz CT molecular complexity index is 566. The summed E-state index contributed by atoms with van der Waals surface area (Å²) in [6, 6.07) is 3.64. The normalized spacial score (nSPS) is 12.7. The molecule has 1 unspecified atom stereocenters. The van der Waals surface area contributed by atoms with Crippen LogP contribution in [-0.4, -0.2) is 4.98 Å². The van der Waals surface area contributed by atoms with Crippen LogP contribution in [0.15, 0.2) is 18.2 Å². The zero-order valence-electron chi connectivity index (χ0n) is 10.2. The molecule has 2 rings (SSSR count). The van der Waals surface area contributed by atoms with Crippen molar-refractivity contribution in [1.29, 1.82) is 0 Å². The number of aryl methyl sites for hydroxylation is 2. The molecule has 2 N–H and O–H groups in total. The molecule has 1 atom stereocenters. The Morgan fingerprint density at radius 2 is 2.00 bits per heavy atom. The van der Waals surface area contributed by atoms with Crippen LogP contribution < -0.4 is 5.73 Å². The fraction of sp³-hybridized carbons (Fsp3) is 0.308. The molecule has 0 spiro atoms. The third-order valence-electron chi connectivity index (χ3n) is 2.72. The first-order valence-corrected chi connectivity index (χ1v) is 6.42. The van der Waals surface area contributed by atoms with Gasteiger partial charge in [0.2, 0.25) is 0 Å². The smallest absolute Gasteiger partial charge is 0.159 e. The minimum atomic E-state index is -0.836. The predicted octanol–water partition coefficient (Wildman–Crippen LogP) is 3.28. The van der Waals surface area contributed by atoms with Crippen molar-refractivity contribution < 1.29 is 8.78 Å². The molecule has 96 valence electrons. The number of nitrogens with two attached hydrogens (primary N) is 1. The summed E-state index contributed by atoms with van der Waals surface area (Å²) in [5.74, 6) is -1.67. The van der Waals surface area contributed by atoms with Crippen LogP contribution in [-0.2, 0) is 6.42 Å². The first kappa shape index (κ1) is 13.1. The Balaban J connectivity index is 2.18. The quantitative estimate of drug-likeness (QED) is 0.927. The third kappa shape index (κ3) is 2.73. The highest BCUT2D eigenvalue weighted by Gasteiger charge is 2.14. The summed E-state index contributed by atoms with van der Waals surface area (Å²) < 4.78 is 25.9. The summed E-state index contributed by atoms with van der Waals surface area (Å²) in [6.07, 6.45) is 0.472. The lowest BCUT2D eigenvalue weighted by atomic mass is 10.0. The monoisotopic (exact) mass is 268 g/mol. The molecular formula is C13H14F2N2S. The second-order valence-corrected chi connectivity index (χ2v) is 5.48. The molecule has 0 fully saturated rings. The first-order valence-electron chi connectivity index (χ1n) is 5.61. The predicted molar refractivity (Wildman–Crippen MR) is 68.6 cm³/mol. The number of nitrogens with zero attached hydrogens (tertiary/aromatic N) is 1. The van der Waals surface area contributed by atoms with Crippen LogP contribution in [0.1, 0.15) is 27.2 Å². The van der Waals surface area contributed by atoms with Gasteiger partial charge in [-0.25, -0.2) is 13.8 Å². The van der Waals surface area contributed by atoms with Crippen molar-refractivity contribution in [2.24, 2.45) is 5.73 Å². The van der Waals surface area contributed by atoms with Gasteiger partial charge in [0, 0.05) is 10.9 Å². The lowest BCUT2D eigenvalue weighted by Gasteiger charge is -2.10. The molecule has 0 amide bonds. The van der Waals surface area contributed by atoms with Gasteiger partial charge in [-0.15, -0.1) is 11.3 Å². The fourth-order valence-electron chi connectivity index (χ4n) is 1.90. The fourth-order valence-corrected chi connectivity index (χ4v) is 2.83. The summed E-state index contributed by atoms with van der Waals surface area (Å²) in [7, 11) is 0. The van der Waals surface area contributed by atoms with Crippen molar-refractivity contribution in [3.05, 3.63) is 51.0 Å². The molecule has 0 bridgehead atoms. The van der Waals surface area contributed by atoms with E-state index in [1.807, 2.05) is 13.8 Å². The number of hydrogen-bond donors (Lipinski definition) is 1. The zero-order valence-corrected chi connectivity index (χ0v) is 11.0. The van der Waals surface area contributed by atoms with E-state index in [0.717, 1.165) is 21.6 Å². The third-order valence-corrected chi connectivity index (χ3v) is 3.92. The number of rotatable bonds is 3. The van der Waals surface area contributed by atoms with Gasteiger partial charge in [0.15, 0.2) is 11.6 Å². The Kier molecular flexibility index (Phi) is 3.73. The molecular weight excluding hydrogens is 254 g/mol. The SMILES string of the molecule is Cc1nc(C)c(C(N)Cc2ccc(F)c(F)c2)s1. The van der Waals surface area contributed by atoms with Crippen molar-refractivity contribution in [1.82, 2.24) is 4.98 Å². The number of thiazole rings is 1. The molecule has 1 aromatic heterocycles. The summed E-state index contributed by atoms with van der Waals surface area (Å²) in [5, 5.41) is 0.961. The summed E-state index contributed by atoms with van der Waals surface area (Å²) in [4.78, 5) is 5.31. The molecule has 1 heterocycles. The van der Waals surface area contributed by atoms with Gasteiger partial charge in [-0.3, -0.25) is 0 Å². The van der Waals surface area contributed by atoms with Crippen molar-refractivity contribution in [2.75, 3.05) is 0 Å². The van der Waals surface area contributed by atoms with Crippen LogP contribution in [0.4, 0.5) is 8.78 Å². The van der Waals surface area contributed by atoms with Gasteiger partial charge < -0.3 is 5.73 Å². The minimum Gasteiger partial charge on any atom is -0.323 e. The van der Waals surface area contributed by atoms with Crippen LogP contribution in [0.25, 0.3) is 0 Å². The van der Waals surface area contributed by atoms with Crippen molar-refractivity contribution in [3.8, 4) is 0 Å². The van der Waals surface area contributed by atoms with Crippen molar-refractivity contribution in [3.63, 3.8) is 0 Å². The molecule has 0 aliphatic carbocycles. The molecule has 0 saturated carbocycles. The summed E-state index contributed by atoms with van der Waals surface area (Å²) in [6.45, 7) is 3.83. The van der Waals surface area contributed by atoms with E-state index < -0.39 is 11.6 Å². The van der Waals surface area contributed by atoms with Crippen LogP contribution in [0.3, 0.4) is 0 Å². The molecule has 5 heteroatoms. The lowest BCUT2D eigenvalue weighted by Crippen LogP contribution is -2.13. The second-order valence-electron chi connectivity index (χ2n) is 4.24. The van der Waals surface area contributed by atoms with E-state index in [-0.39, 0.29) is 6.04 Å². The second kappa shape index (κ2) is 5.12. The van der Waals surface area contributed by atoms with Crippen LogP contribution in [0, 0.1) is 25.5 Å². The molecule has 2 aromatic rings. The molecule has 18 heavy (non-hydrogen) atoms. The topological polar surface area (TPSA) is 38.9 Å². The average Bonchev–Trinajstić information content (AvgIpc) is 2.63. The van der Waals surface area contributed by atoms with E-state index in [9.17, 15) is 8.78 Å². The zero-order chi connectivity index (χ0) is 13.3. The summed E-state index contributed by atoms with van der Waals surface area (Å²) >= 11 is 1.55. The maximum atomic E-state index is 13.1. The first-order chi connectivity index (χ1) is 8.47. The number of aromatic nitrogens is 1. The molecule has 2 nitrogen and oxygen atoms in total. The van der Waals surface area contributed by atoms with E-state index in [1.165, 1.54) is 6.07 Å². The van der Waals surface area contributed by atoms with Crippen molar-refractivity contribution in [2.45, 2.75) is 26.3 Å². The Labute approximate surface area is 108 Å². The minimum absolute atomic E-state index is 0.235. The number of hydrogen-bond acceptors (Lipinski definition) is 3. The highest BCUT2D eigenvalue weighted by molar-refractivity contribution is 7.11. The standard InChI is InChI=1S/C13H14F2N2S/c1-7-13(18-8(2)17-7)12(16)6-9-3-4-10(14)11(15)5-9/h3-5,12H,6,16H2,1-2H3. The van der Waals surface area contributed by atoms with E-state index in [2.05, 4.69) is 4.98 Å². The van der Waals surface area contributed by atoms with Gasteiger partial charge in [0.1, 0.15) is 0 Å². The van der Waals surface area contributed by atoms with E-state index in [4.69, 9.17) is 5.73 Å². The van der Waals surface area contributed by atoms with Gasteiger partial charge in [-0.2, -0.15) is 0 Å². The number of benzene rings is 1. The molecule has 0 aliphatic heterocycles. The van der Waals surface area contributed by atoms with E-state index in [0.29, 0.717) is 12.0 Å². The average molecular weight is 268 g/mol. The van der Waals surface area contributed by atoms with Crippen LogP contribution in [0.5, 0.6) is 0 Å². The highest BCUT2D eigenvalue weighted by atomic mass is 32.1. The van der Waals surface area contributed by atoms with E-state index >= 15 is 0 Å². The molecule has 0 radical (unpaired) electrons. The maximum Gasteiger partial charge on any atom is 0.159 e. The summed E-state index contributed by atoms with van der Waals surface area (Å²) in [5.41, 5.74) is 7.68. The van der Waals surface area contributed by atoms with Crippen molar-refractivity contribution >= 4 is 11.3 Å². The Morgan fingerprint density at radius 1 is 1.28 bits per heavy atom. The molecule has 0 saturated heterocycles. The maximum absolute atomic E-state index is 13.1. The van der Waals surface area contributed by atoms with Gasteiger partial charge in [-0.05, 0) is 38.0 Å². The van der Waals surface area contributed by atoms with Crippen LogP contribution in [0.2, 0.25) is 0 Å². The van der Waals surface area contributed by atoms with E-state index in [1.54, 1.807) is 17.4 Å². The van der Waals surface area contributed by atoms with Gasteiger partial charge in [0.25, 0.3) is 0 Å². The van der Waals surface area contributed by atoms with Gasteiger partial charge >= 0.3 is 0 Å². The Hall–Kier alpha value is -1.33. The lowest BCUT2D eigenvalue weighted by molar-refractivity contribution is 0.506. The van der Waals surface area contributed by atoms with Crippen LogP contribution >= 0.6 is 11.3 Å². The number of halogens is 2. The largest absolute Gasteiger partial charge is 0.323 e. The highest BCUT2D eigenvalue weighted by Crippen LogP contribution is 2.26. The molecule has 0 aliphatic rings. The molecule has 1 aromatic carbocycles. The Morgan fingerprint density at radius 3 is 2.56 bits per heavy atom.